The molecule has 0 aliphatic heterocycles. The molecule has 6 nitrogen and oxygen atoms in total. The number of aliphatic hydroxyl groups is 3. The summed E-state index contributed by atoms with van der Waals surface area (Å²) in [5.74, 6) is 0.370. The second-order valence-corrected chi connectivity index (χ2v) is 5.14. The first-order valence-electron chi connectivity index (χ1n) is 6.89. The van der Waals surface area contributed by atoms with E-state index in [1.54, 1.807) is 19.1 Å². The van der Waals surface area contributed by atoms with Gasteiger partial charge in [0.2, 0.25) is 0 Å². The van der Waals surface area contributed by atoms with E-state index in [2.05, 4.69) is 0 Å². The van der Waals surface area contributed by atoms with E-state index in [1.807, 2.05) is 6.92 Å². The molecule has 1 aromatic rings. The molecule has 1 rings (SSSR count). The number of aryl methyl sites for hydroxylation is 1. The van der Waals surface area contributed by atoms with E-state index in [4.69, 9.17) is 20.1 Å². The summed E-state index contributed by atoms with van der Waals surface area (Å²) < 4.78 is 5.04. The number of hydrogen-bond acceptors (Lipinski definition) is 6. The first kappa shape index (κ1) is 20.2. The highest BCUT2D eigenvalue weighted by Gasteiger charge is 2.20. The molecule has 22 heavy (non-hydrogen) atoms. The smallest absolute Gasteiger partial charge is 0.154 e. The van der Waals surface area contributed by atoms with Gasteiger partial charge in [-0.1, -0.05) is 19.9 Å². The molecule has 0 saturated heterocycles. The maximum absolute atomic E-state index is 10.8. The fourth-order valence-corrected chi connectivity index (χ4v) is 1.57. The third kappa shape index (κ3) is 5.22. The second-order valence-electron chi connectivity index (χ2n) is 5.14. The third-order valence-corrected chi connectivity index (χ3v) is 3.29. The molecule has 0 saturated carbocycles. The topological polar surface area (TPSA) is 104 Å². The molecule has 1 aromatic carbocycles. The Balaban J connectivity index is 0.000000472. The van der Waals surface area contributed by atoms with Crippen LogP contribution in [-0.4, -0.2) is 54.8 Å². The van der Waals surface area contributed by atoms with E-state index in [1.165, 1.54) is 7.11 Å². The van der Waals surface area contributed by atoms with Crippen LogP contribution in [0, 0.1) is 5.41 Å². The van der Waals surface area contributed by atoms with Gasteiger partial charge in [-0.15, -0.1) is 0 Å². The van der Waals surface area contributed by atoms with E-state index in [9.17, 15) is 9.59 Å². The lowest BCUT2D eigenvalue weighted by Crippen LogP contribution is -2.29. The van der Waals surface area contributed by atoms with Crippen LogP contribution in [0.1, 0.15) is 40.1 Å². The first-order valence-corrected chi connectivity index (χ1v) is 6.89. The van der Waals surface area contributed by atoms with Crippen LogP contribution in [0.15, 0.2) is 12.1 Å². The van der Waals surface area contributed by atoms with Gasteiger partial charge in [0.15, 0.2) is 12.6 Å². The highest BCUT2D eigenvalue weighted by molar-refractivity contribution is 5.89. The maximum Gasteiger partial charge on any atom is 0.154 e. The van der Waals surface area contributed by atoms with Gasteiger partial charge < -0.3 is 20.1 Å². The number of carbonyl (C=O) groups excluding carboxylic acids is 2. The molecule has 0 aliphatic carbocycles. The van der Waals surface area contributed by atoms with E-state index in [0.29, 0.717) is 23.2 Å². The van der Waals surface area contributed by atoms with E-state index in [-0.39, 0.29) is 19.8 Å². The van der Waals surface area contributed by atoms with Gasteiger partial charge in [-0.25, -0.2) is 0 Å². The molecule has 0 fully saturated rings. The van der Waals surface area contributed by atoms with Crippen molar-refractivity contribution in [3.63, 3.8) is 0 Å². The average Bonchev–Trinajstić information content (AvgIpc) is 2.59. The van der Waals surface area contributed by atoms with Gasteiger partial charge in [0.05, 0.1) is 38.1 Å². The lowest BCUT2D eigenvalue weighted by atomic mass is 9.95. The van der Waals surface area contributed by atoms with Crippen LogP contribution in [-0.2, 0) is 6.42 Å². The molecule has 0 atom stereocenters. The molecular formula is C16H24O6. The lowest BCUT2D eigenvalue weighted by molar-refractivity contribution is 0.0200. The van der Waals surface area contributed by atoms with E-state index >= 15 is 0 Å². The van der Waals surface area contributed by atoms with Crippen molar-refractivity contribution in [2.45, 2.75) is 20.3 Å². The Morgan fingerprint density at radius 2 is 1.64 bits per heavy atom. The average molecular weight is 312 g/mol. The fraction of sp³-hybridized carbons (Fsp3) is 0.500. The molecule has 0 radical (unpaired) electrons. The number of ether oxygens (including phenoxy) is 1. The van der Waals surface area contributed by atoms with Gasteiger partial charge in [-0.3, -0.25) is 9.59 Å². The van der Waals surface area contributed by atoms with Crippen LogP contribution in [0.25, 0.3) is 0 Å². The minimum Gasteiger partial charge on any atom is -0.495 e. The summed E-state index contributed by atoms with van der Waals surface area (Å²) in [6.45, 7) is 3.01. The molecule has 0 bridgehead atoms. The Bertz CT molecular complexity index is 472. The molecule has 0 amide bonds. The molecule has 3 N–H and O–H groups in total. The first-order chi connectivity index (χ1) is 10.5. The Kier molecular flexibility index (Phi) is 9.24. The second kappa shape index (κ2) is 10.0. The molecule has 0 spiro atoms. The van der Waals surface area contributed by atoms with Crippen molar-refractivity contribution in [2.24, 2.45) is 5.41 Å². The number of methoxy groups -OCH3 is 1. The highest BCUT2D eigenvalue weighted by Crippen LogP contribution is 2.24. The maximum atomic E-state index is 10.8. The van der Waals surface area contributed by atoms with Gasteiger partial charge >= 0.3 is 0 Å². The normalized spacial score (nSPS) is 10.5. The van der Waals surface area contributed by atoms with Crippen molar-refractivity contribution < 1.29 is 29.6 Å². The minimum absolute atomic E-state index is 0.181. The third-order valence-electron chi connectivity index (χ3n) is 3.29. The summed E-state index contributed by atoms with van der Waals surface area (Å²) in [6.07, 6.45) is 2.15. The summed E-state index contributed by atoms with van der Waals surface area (Å²) >= 11 is 0. The van der Waals surface area contributed by atoms with Crippen molar-refractivity contribution in [1.29, 1.82) is 0 Å². The molecule has 124 valence electrons. The van der Waals surface area contributed by atoms with Crippen molar-refractivity contribution in [3.05, 3.63) is 28.8 Å². The molecular weight excluding hydrogens is 288 g/mol. The van der Waals surface area contributed by atoms with Crippen molar-refractivity contribution >= 4 is 12.6 Å². The zero-order chi connectivity index (χ0) is 17.2. The molecule has 0 aliphatic rings. The van der Waals surface area contributed by atoms with Gasteiger partial charge in [-0.05, 0) is 18.1 Å². The van der Waals surface area contributed by atoms with Crippen LogP contribution in [0.2, 0.25) is 0 Å². The van der Waals surface area contributed by atoms with Crippen molar-refractivity contribution in [2.75, 3.05) is 26.9 Å². The quantitative estimate of drug-likeness (QED) is 0.645. The summed E-state index contributed by atoms with van der Waals surface area (Å²) in [7, 11) is 1.45. The zero-order valence-corrected chi connectivity index (χ0v) is 13.2. The Labute approximate surface area is 130 Å². The summed E-state index contributed by atoms with van der Waals surface area (Å²) in [4.78, 5) is 21.5. The minimum atomic E-state index is -0.708. The summed E-state index contributed by atoms with van der Waals surface area (Å²) in [6, 6.07) is 3.44. The Morgan fingerprint density at radius 3 is 1.91 bits per heavy atom. The molecule has 0 unspecified atom stereocenters. The molecule has 6 heteroatoms. The summed E-state index contributed by atoms with van der Waals surface area (Å²) in [5, 5.41) is 25.4. The van der Waals surface area contributed by atoms with Crippen LogP contribution in [0.3, 0.4) is 0 Å². The number of aldehydes is 2. The van der Waals surface area contributed by atoms with Crippen molar-refractivity contribution in [1.82, 2.24) is 0 Å². The van der Waals surface area contributed by atoms with Crippen LogP contribution in [0.4, 0.5) is 0 Å². The Morgan fingerprint density at radius 1 is 1.09 bits per heavy atom. The van der Waals surface area contributed by atoms with Gasteiger partial charge in [0.1, 0.15) is 5.75 Å². The standard InChI is InChI=1S/C11H12O3.C5H12O3/c1-3-8-4-5-9(6-12)11(14-2)10(8)7-13;1-5(2-6,3-7)4-8/h4-7H,3H2,1-2H3;6-8H,2-4H2,1H3. The fourth-order valence-electron chi connectivity index (χ4n) is 1.57. The van der Waals surface area contributed by atoms with Gasteiger partial charge in [0, 0.05) is 5.41 Å². The number of rotatable bonds is 7. The number of aliphatic hydroxyl groups excluding tert-OH is 3. The number of benzene rings is 1. The number of hydrogen-bond donors (Lipinski definition) is 3. The van der Waals surface area contributed by atoms with Gasteiger partial charge in [0.25, 0.3) is 0 Å². The monoisotopic (exact) mass is 312 g/mol. The predicted molar refractivity (Wildman–Crippen MR) is 82.5 cm³/mol. The Hall–Kier alpha value is -1.76. The van der Waals surface area contributed by atoms with E-state index in [0.717, 1.165) is 18.3 Å². The predicted octanol–water partition coefficient (Wildman–Crippen LogP) is 0.852. The lowest BCUT2D eigenvalue weighted by Gasteiger charge is -2.20. The molecule has 0 aromatic heterocycles. The van der Waals surface area contributed by atoms with Crippen molar-refractivity contribution in [3.8, 4) is 5.75 Å². The van der Waals surface area contributed by atoms with Gasteiger partial charge in [-0.2, -0.15) is 0 Å². The largest absolute Gasteiger partial charge is 0.495 e. The molecule has 0 heterocycles. The zero-order valence-electron chi connectivity index (χ0n) is 13.2. The number of carbonyl (C=O) groups is 2. The van der Waals surface area contributed by atoms with Crippen LogP contribution in [0.5, 0.6) is 5.75 Å². The highest BCUT2D eigenvalue weighted by atomic mass is 16.5. The summed E-state index contributed by atoms with van der Waals surface area (Å²) in [5.41, 5.74) is 1.06. The van der Waals surface area contributed by atoms with Crippen LogP contribution < -0.4 is 4.74 Å². The van der Waals surface area contributed by atoms with E-state index < -0.39 is 5.41 Å². The van der Waals surface area contributed by atoms with Crippen LogP contribution >= 0.6 is 0 Å². The SMILES string of the molecule is CC(CO)(CO)CO.CCc1ccc(C=O)c(OC)c1C=O.